The van der Waals surface area contributed by atoms with Gasteiger partial charge < -0.3 is 5.73 Å². The van der Waals surface area contributed by atoms with Crippen molar-refractivity contribution in [2.75, 3.05) is 0 Å². The minimum absolute atomic E-state index is 0.0556. The van der Waals surface area contributed by atoms with E-state index in [1.54, 1.807) is 0 Å². The van der Waals surface area contributed by atoms with E-state index in [0.29, 0.717) is 17.9 Å². The summed E-state index contributed by atoms with van der Waals surface area (Å²) in [6.45, 7) is 6.71. The van der Waals surface area contributed by atoms with E-state index in [0.717, 1.165) is 30.8 Å². The van der Waals surface area contributed by atoms with E-state index in [1.165, 1.54) is 0 Å². The molecule has 0 spiro atoms. The molecule has 1 heterocycles. The lowest BCUT2D eigenvalue weighted by atomic mass is 10.1. The monoisotopic (exact) mass is 271 g/mol. The van der Waals surface area contributed by atoms with Gasteiger partial charge in [-0.15, -0.1) is 0 Å². The van der Waals surface area contributed by atoms with E-state index < -0.39 is 0 Å². The number of ketones is 1. The van der Waals surface area contributed by atoms with E-state index in [9.17, 15) is 4.79 Å². The number of hydrogen-bond acceptors (Lipinski definition) is 3. The van der Waals surface area contributed by atoms with Crippen molar-refractivity contribution in [2.24, 2.45) is 5.73 Å². The van der Waals surface area contributed by atoms with Crippen LogP contribution < -0.4 is 5.73 Å². The highest BCUT2D eigenvalue weighted by Gasteiger charge is 2.18. The lowest BCUT2D eigenvalue weighted by molar-refractivity contribution is -0.118. The molecule has 0 aliphatic carbocycles. The summed E-state index contributed by atoms with van der Waals surface area (Å²) in [7, 11) is 0. The van der Waals surface area contributed by atoms with Crippen molar-refractivity contribution < 1.29 is 4.79 Å². The van der Waals surface area contributed by atoms with Crippen LogP contribution in [0.2, 0.25) is 5.02 Å². The molecule has 0 aromatic carbocycles. The summed E-state index contributed by atoms with van der Waals surface area (Å²) in [6, 6.07) is -0.0556. The highest BCUT2D eigenvalue weighted by molar-refractivity contribution is 6.32. The number of carbonyl (C=O) groups excluding carboxylic acids is 1. The van der Waals surface area contributed by atoms with Crippen LogP contribution >= 0.6 is 11.6 Å². The number of nitrogens with zero attached hydrogens (tertiary/aromatic N) is 2. The third kappa shape index (κ3) is 3.56. The van der Waals surface area contributed by atoms with Gasteiger partial charge >= 0.3 is 0 Å². The average molecular weight is 272 g/mol. The van der Waals surface area contributed by atoms with Gasteiger partial charge in [0, 0.05) is 25.4 Å². The topological polar surface area (TPSA) is 60.9 Å². The molecule has 1 rings (SSSR count). The standard InChI is InChI=1S/C13H22ClN3O/c1-4-9(15)7-10(18)8-12-13(14)11(5-2)16-17(12)6-3/h9H,4-8,15H2,1-3H3. The maximum atomic E-state index is 11.9. The second-order valence-electron chi connectivity index (χ2n) is 4.46. The fourth-order valence-corrected chi connectivity index (χ4v) is 2.22. The van der Waals surface area contributed by atoms with Crippen LogP contribution in [0.1, 0.15) is 45.0 Å². The predicted octanol–water partition coefficient (Wildman–Crippen LogP) is 2.36. The Balaban J connectivity index is 2.83. The second kappa shape index (κ2) is 6.90. The Morgan fingerprint density at radius 1 is 1.44 bits per heavy atom. The summed E-state index contributed by atoms with van der Waals surface area (Å²) in [6.07, 6.45) is 2.32. The van der Waals surface area contributed by atoms with Gasteiger partial charge in [0.2, 0.25) is 0 Å². The van der Waals surface area contributed by atoms with Crippen molar-refractivity contribution in [1.29, 1.82) is 0 Å². The molecule has 0 aliphatic heterocycles. The molecule has 1 atom stereocenters. The van der Waals surface area contributed by atoms with Gasteiger partial charge in [0.15, 0.2) is 0 Å². The van der Waals surface area contributed by atoms with Crippen LogP contribution in [-0.4, -0.2) is 21.6 Å². The summed E-state index contributed by atoms with van der Waals surface area (Å²) in [5.74, 6) is 0.128. The molecule has 4 nitrogen and oxygen atoms in total. The number of carbonyl (C=O) groups is 1. The molecule has 0 radical (unpaired) electrons. The summed E-state index contributed by atoms with van der Waals surface area (Å²) >= 11 is 6.26. The molecule has 1 aromatic heterocycles. The van der Waals surface area contributed by atoms with Crippen molar-refractivity contribution in [3.63, 3.8) is 0 Å². The summed E-state index contributed by atoms with van der Waals surface area (Å²) in [5, 5.41) is 5.04. The first-order chi connectivity index (χ1) is 8.53. The van der Waals surface area contributed by atoms with E-state index in [4.69, 9.17) is 17.3 Å². The summed E-state index contributed by atoms with van der Waals surface area (Å²) in [4.78, 5) is 11.9. The zero-order chi connectivity index (χ0) is 13.7. The molecule has 1 unspecified atom stereocenters. The summed E-state index contributed by atoms with van der Waals surface area (Å²) in [5.41, 5.74) is 7.48. The van der Waals surface area contributed by atoms with Gasteiger partial charge in [-0.3, -0.25) is 9.48 Å². The molecule has 0 amide bonds. The molecule has 0 fully saturated rings. The first kappa shape index (κ1) is 15.2. The zero-order valence-corrected chi connectivity index (χ0v) is 12.1. The molecule has 2 N–H and O–H groups in total. The fourth-order valence-electron chi connectivity index (χ4n) is 1.88. The predicted molar refractivity (Wildman–Crippen MR) is 73.9 cm³/mol. The van der Waals surface area contributed by atoms with Gasteiger partial charge in [0.1, 0.15) is 5.78 Å². The molecule has 18 heavy (non-hydrogen) atoms. The zero-order valence-electron chi connectivity index (χ0n) is 11.4. The first-order valence-corrected chi connectivity index (χ1v) is 6.92. The molecule has 0 saturated heterocycles. The van der Waals surface area contributed by atoms with Crippen LogP contribution in [0.5, 0.6) is 0 Å². The number of aryl methyl sites for hydroxylation is 2. The van der Waals surface area contributed by atoms with Crippen LogP contribution in [0, 0.1) is 0 Å². The first-order valence-electron chi connectivity index (χ1n) is 6.54. The number of nitrogens with two attached hydrogens (primary N) is 1. The molecule has 1 aromatic rings. The van der Waals surface area contributed by atoms with Gasteiger partial charge in [-0.1, -0.05) is 25.4 Å². The Hall–Kier alpha value is -0.870. The average Bonchev–Trinajstić information content (AvgIpc) is 2.66. The molecular weight excluding hydrogens is 250 g/mol. The number of aromatic nitrogens is 2. The lowest BCUT2D eigenvalue weighted by Crippen LogP contribution is -2.24. The molecule has 102 valence electrons. The molecule has 0 bridgehead atoms. The Morgan fingerprint density at radius 2 is 2.11 bits per heavy atom. The molecule has 5 heteroatoms. The summed E-state index contributed by atoms with van der Waals surface area (Å²) < 4.78 is 1.82. The minimum atomic E-state index is -0.0556. The van der Waals surface area contributed by atoms with E-state index in [-0.39, 0.29) is 11.8 Å². The smallest absolute Gasteiger partial charge is 0.140 e. The lowest BCUT2D eigenvalue weighted by Gasteiger charge is -2.08. The molecule has 0 saturated carbocycles. The van der Waals surface area contributed by atoms with Gasteiger partial charge in [-0.05, 0) is 19.8 Å². The van der Waals surface area contributed by atoms with Crippen LogP contribution in [0.4, 0.5) is 0 Å². The third-order valence-electron chi connectivity index (χ3n) is 3.07. The largest absolute Gasteiger partial charge is 0.327 e. The Morgan fingerprint density at radius 3 is 2.61 bits per heavy atom. The third-order valence-corrected chi connectivity index (χ3v) is 3.51. The van der Waals surface area contributed by atoms with Crippen molar-refractivity contribution >= 4 is 17.4 Å². The van der Waals surface area contributed by atoms with E-state index in [1.807, 2.05) is 25.5 Å². The van der Waals surface area contributed by atoms with Gasteiger partial charge in [0.05, 0.1) is 16.4 Å². The molecular formula is C13H22ClN3O. The van der Waals surface area contributed by atoms with Gasteiger partial charge in [-0.25, -0.2) is 0 Å². The normalized spacial score (nSPS) is 12.7. The quantitative estimate of drug-likeness (QED) is 0.828. The fraction of sp³-hybridized carbons (Fsp3) is 0.692. The Kier molecular flexibility index (Phi) is 5.82. The highest BCUT2D eigenvalue weighted by atomic mass is 35.5. The van der Waals surface area contributed by atoms with Crippen molar-refractivity contribution in [1.82, 2.24) is 9.78 Å². The maximum absolute atomic E-state index is 11.9. The van der Waals surface area contributed by atoms with E-state index in [2.05, 4.69) is 5.10 Å². The van der Waals surface area contributed by atoms with Crippen LogP contribution in [0.3, 0.4) is 0 Å². The van der Waals surface area contributed by atoms with Gasteiger partial charge in [-0.2, -0.15) is 5.10 Å². The van der Waals surface area contributed by atoms with Crippen molar-refractivity contribution in [3.8, 4) is 0 Å². The van der Waals surface area contributed by atoms with Crippen LogP contribution in [0.25, 0.3) is 0 Å². The van der Waals surface area contributed by atoms with Crippen LogP contribution in [0.15, 0.2) is 0 Å². The number of halogens is 1. The second-order valence-corrected chi connectivity index (χ2v) is 4.84. The number of rotatable bonds is 7. The minimum Gasteiger partial charge on any atom is -0.327 e. The number of Topliss-reactive ketones (excluding diaryl/α,β-unsaturated/α-hetero) is 1. The Labute approximate surface area is 113 Å². The SMILES string of the molecule is CCc1nn(CC)c(CC(=O)CC(N)CC)c1Cl. The van der Waals surface area contributed by atoms with Crippen molar-refractivity contribution in [2.45, 2.75) is 59.0 Å². The van der Waals surface area contributed by atoms with Crippen molar-refractivity contribution in [3.05, 3.63) is 16.4 Å². The van der Waals surface area contributed by atoms with E-state index >= 15 is 0 Å². The maximum Gasteiger partial charge on any atom is 0.140 e. The molecule has 0 aliphatic rings. The number of hydrogen-bond donors (Lipinski definition) is 1. The van der Waals surface area contributed by atoms with Crippen LogP contribution in [-0.2, 0) is 24.2 Å². The van der Waals surface area contributed by atoms with Gasteiger partial charge in [0.25, 0.3) is 0 Å². The highest BCUT2D eigenvalue weighted by Crippen LogP contribution is 2.22. The Bertz CT molecular complexity index is 415.